The first kappa shape index (κ1) is 10.7. The minimum atomic E-state index is -0.107. The molecule has 0 fully saturated rings. The fourth-order valence-corrected chi connectivity index (χ4v) is 1.10. The second kappa shape index (κ2) is 4.25. The molecule has 0 saturated carbocycles. The van der Waals surface area contributed by atoms with Crippen molar-refractivity contribution >= 4 is 23.6 Å². The molecule has 1 radical (unpaired) electrons. The van der Waals surface area contributed by atoms with E-state index < -0.39 is 0 Å². The number of hydrogen-bond acceptors (Lipinski definition) is 3. The largest absolute Gasteiger partial charge is 0.428 e. The Hall–Kier alpha value is -0.345. The Bertz CT molecular complexity index is 246. The lowest BCUT2D eigenvalue weighted by molar-refractivity contribution is 0.0669. The van der Waals surface area contributed by atoms with Crippen LogP contribution < -0.4 is 4.78 Å². The van der Waals surface area contributed by atoms with Crippen molar-refractivity contribution in [2.24, 2.45) is 5.92 Å². The fraction of sp³-hybridized carbons (Fsp3) is 0.667. The van der Waals surface area contributed by atoms with Crippen molar-refractivity contribution in [2.75, 3.05) is 0 Å². The standard InChI is InChI=1S/C9H15BNOS/c1-7(2)9(3,4)12-10-8-5-11-6-13-8/h5-7H,1-4H3. The van der Waals surface area contributed by atoms with Crippen molar-refractivity contribution in [3.8, 4) is 0 Å². The molecule has 1 aromatic rings. The molecule has 1 heterocycles. The summed E-state index contributed by atoms with van der Waals surface area (Å²) in [5.74, 6) is 0.497. The molecule has 71 valence electrons. The van der Waals surface area contributed by atoms with E-state index in [2.05, 4.69) is 32.7 Å². The van der Waals surface area contributed by atoms with Gasteiger partial charge in [0.15, 0.2) is 0 Å². The Labute approximate surface area is 84.6 Å². The molecule has 0 amide bonds. The van der Waals surface area contributed by atoms with Crippen LogP contribution in [0.5, 0.6) is 0 Å². The predicted molar refractivity (Wildman–Crippen MR) is 57.5 cm³/mol. The predicted octanol–water partition coefficient (Wildman–Crippen LogP) is 1.84. The number of thiazole rings is 1. The topological polar surface area (TPSA) is 22.1 Å². The molecular formula is C9H15BNOS. The van der Waals surface area contributed by atoms with Gasteiger partial charge in [-0.1, -0.05) is 13.8 Å². The minimum Gasteiger partial charge on any atom is -0.428 e. The van der Waals surface area contributed by atoms with Crippen LogP contribution in [0.25, 0.3) is 0 Å². The molecule has 0 spiro atoms. The highest BCUT2D eigenvalue weighted by Gasteiger charge is 2.23. The van der Waals surface area contributed by atoms with Crippen LogP contribution in [0.4, 0.5) is 0 Å². The quantitative estimate of drug-likeness (QED) is 0.685. The number of rotatable bonds is 4. The van der Waals surface area contributed by atoms with E-state index >= 15 is 0 Å². The summed E-state index contributed by atoms with van der Waals surface area (Å²) in [6, 6.07) is 0. The number of aromatic nitrogens is 1. The maximum absolute atomic E-state index is 5.68. The summed E-state index contributed by atoms with van der Waals surface area (Å²) in [6.07, 6.45) is 1.81. The van der Waals surface area contributed by atoms with Crippen molar-refractivity contribution in [3.63, 3.8) is 0 Å². The van der Waals surface area contributed by atoms with Gasteiger partial charge in [0.2, 0.25) is 0 Å². The van der Waals surface area contributed by atoms with E-state index in [1.807, 2.05) is 0 Å². The molecule has 1 rings (SSSR count). The summed E-state index contributed by atoms with van der Waals surface area (Å²) in [7, 11) is 1.79. The summed E-state index contributed by atoms with van der Waals surface area (Å²) in [6.45, 7) is 8.49. The van der Waals surface area contributed by atoms with Gasteiger partial charge in [0.1, 0.15) is 0 Å². The Kier molecular flexibility index (Phi) is 3.51. The zero-order chi connectivity index (χ0) is 9.90. The number of nitrogens with zero attached hydrogens (tertiary/aromatic N) is 1. The molecule has 0 aliphatic carbocycles. The Balaban J connectivity index is 2.42. The van der Waals surface area contributed by atoms with E-state index in [0.29, 0.717) is 5.92 Å². The molecule has 0 N–H and O–H groups in total. The van der Waals surface area contributed by atoms with Crippen molar-refractivity contribution in [2.45, 2.75) is 33.3 Å². The monoisotopic (exact) mass is 196 g/mol. The summed E-state index contributed by atoms with van der Waals surface area (Å²) in [5, 5.41) is 0. The van der Waals surface area contributed by atoms with Gasteiger partial charge in [0.25, 0.3) is 0 Å². The minimum absolute atomic E-state index is 0.107. The summed E-state index contributed by atoms with van der Waals surface area (Å²) < 4.78 is 6.74. The Morgan fingerprint density at radius 1 is 1.54 bits per heavy atom. The van der Waals surface area contributed by atoms with Gasteiger partial charge in [0, 0.05) is 16.6 Å². The molecule has 0 aromatic carbocycles. The van der Waals surface area contributed by atoms with Crippen molar-refractivity contribution in [1.29, 1.82) is 0 Å². The molecule has 0 aliphatic rings. The van der Waals surface area contributed by atoms with E-state index in [0.717, 1.165) is 4.78 Å². The maximum Gasteiger partial charge on any atom is 0.343 e. The third kappa shape index (κ3) is 3.12. The third-order valence-electron chi connectivity index (χ3n) is 2.32. The zero-order valence-electron chi connectivity index (χ0n) is 8.57. The number of hydrogen-bond donors (Lipinski definition) is 0. The van der Waals surface area contributed by atoms with Crippen LogP contribution in [0.2, 0.25) is 0 Å². The Morgan fingerprint density at radius 2 is 2.23 bits per heavy atom. The molecule has 13 heavy (non-hydrogen) atoms. The average molecular weight is 196 g/mol. The first-order valence-corrected chi connectivity index (χ1v) is 5.30. The lowest BCUT2D eigenvalue weighted by Gasteiger charge is -2.29. The second-order valence-electron chi connectivity index (χ2n) is 3.90. The Morgan fingerprint density at radius 3 is 2.69 bits per heavy atom. The van der Waals surface area contributed by atoms with Gasteiger partial charge in [0.05, 0.1) is 5.51 Å². The van der Waals surface area contributed by atoms with Crippen molar-refractivity contribution < 1.29 is 4.65 Å². The highest BCUT2D eigenvalue weighted by atomic mass is 32.1. The van der Waals surface area contributed by atoms with Gasteiger partial charge < -0.3 is 4.65 Å². The lowest BCUT2D eigenvalue weighted by atomic mass is 9.90. The molecule has 1 aromatic heterocycles. The summed E-state index contributed by atoms with van der Waals surface area (Å²) in [4.78, 5) is 3.97. The SMILES string of the molecule is CC(C)C(C)(C)O[B]c1cncs1. The summed E-state index contributed by atoms with van der Waals surface area (Å²) >= 11 is 1.58. The first-order valence-electron chi connectivity index (χ1n) is 4.42. The molecule has 0 bridgehead atoms. The first-order chi connectivity index (χ1) is 6.02. The lowest BCUT2D eigenvalue weighted by Crippen LogP contribution is -2.35. The van der Waals surface area contributed by atoms with E-state index in [1.165, 1.54) is 0 Å². The highest BCUT2D eigenvalue weighted by molar-refractivity contribution is 7.19. The van der Waals surface area contributed by atoms with Crippen LogP contribution in [0, 0.1) is 5.92 Å². The molecule has 4 heteroatoms. The van der Waals surface area contributed by atoms with Gasteiger partial charge in [-0.15, -0.1) is 11.3 Å². The molecule has 0 unspecified atom stereocenters. The van der Waals surface area contributed by atoms with Crippen LogP contribution in [-0.4, -0.2) is 18.1 Å². The van der Waals surface area contributed by atoms with Crippen LogP contribution in [0.1, 0.15) is 27.7 Å². The molecule has 0 atom stereocenters. The normalized spacial score (nSPS) is 12.1. The second-order valence-corrected chi connectivity index (χ2v) is 4.82. The van der Waals surface area contributed by atoms with E-state index in [-0.39, 0.29) is 5.60 Å². The van der Waals surface area contributed by atoms with Crippen LogP contribution >= 0.6 is 11.3 Å². The molecular weight excluding hydrogens is 181 g/mol. The van der Waals surface area contributed by atoms with Crippen molar-refractivity contribution in [1.82, 2.24) is 4.98 Å². The fourth-order valence-electron chi connectivity index (χ4n) is 0.630. The van der Waals surface area contributed by atoms with Gasteiger partial charge in [-0.3, -0.25) is 4.98 Å². The van der Waals surface area contributed by atoms with E-state index in [1.54, 1.807) is 30.5 Å². The van der Waals surface area contributed by atoms with Gasteiger partial charge in [-0.2, -0.15) is 0 Å². The molecule has 0 saturated heterocycles. The highest BCUT2D eigenvalue weighted by Crippen LogP contribution is 2.19. The third-order valence-corrected chi connectivity index (χ3v) is 3.02. The van der Waals surface area contributed by atoms with E-state index in [4.69, 9.17) is 4.65 Å². The van der Waals surface area contributed by atoms with E-state index in [9.17, 15) is 0 Å². The zero-order valence-corrected chi connectivity index (χ0v) is 9.39. The smallest absolute Gasteiger partial charge is 0.343 e. The summed E-state index contributed by atoms with van der Waals surface area (Å²) in [5.41, 5.74) is 1.70. The van der Waals surface area contributed by atoms with Crippen LogP contribution in [-0.2, 0) is 4.65 Å². The van der Waals surface area contributed by atoms with Gasteiger partial charge >= 0.3 is 7.48 Å². The van der Waals surface area contributed by atoms with Gasteiger partial charge in [-0.25, -0.2) is 0 Å². The molecule has 2 nitrogen and oxygen atoms in total. The maximum atomic E-state index is 5.68. The van der Waals surface area contributed by atoms with Crippen molar-refractivity contribution in [3.05, 3.63) is 11.7 Å². The van der Waals surface area contributed by atoms with Gasteiger partial charge in [-0.05, 0) is 19.8 Å². The van der Waals surface area contributed by atoms with Crippen LogP contribution in [0.15, 0.2) is 11.7 Å². The van der Waals surface area contributed by atoms with Crippen LogP contribution in [0.3, 0.4) is 0 Å². The molecule has 0 aliphatic heterocycles. The average Bonchev–Trinajstić information content (AvgIpc) is 2.52.